The van der Waals surface area contributed by atoms with Gasteiger partial charge in [-0.3, -0.25) is 0 Å². The molecule has 8 nitrogen and oxygen atoms in total. The number of nitriles is 1. The quantitative estimate of drug-likeness (QED) is 0.164. The van der Waals surface area contributed by atoms with Gasteiger partial charge >= 0.3 is 0 Å². The predicted molar refractivity (Wildman–Crippen MR) is 306 cm³/mol. The Morgan fingerprint density at radius 1 is 0.342 bits per heavy atom. The van der Waals surface area contributed by atoms with E-state index >= 15 is 0 Å². The molecule has 0 aliphatic rings. The summed E-state index contributed by atoms with van der Waals surface area (Å²) in [6.07, 6.45) is 0. The number of aromatic nitrogens is 2. The summed E-state index contributed by atoms with van der Waals surface area (Å²) in [5.41, 5.74) is 16.1. The number of hydrogen-bond donors (Lipinski definition) is 0. The van der Waals surface area contributed by atoms with E-state index in [1.54, 1.807) is 6.07 Å². The zero-order valence-corrected chi connectivity index (χ0v) is 40.1. The normalized spacial score (nSPS) is 12.2. The van der Waals surface area contributed by atoms with E-state index in [2.05, 4.69) is 129 Å². The molecule has 0 spiro atoms. The van der Waals surface area contributed by atoms with Crippen molar-refractivity contribution in [3.63, 3.8) is 0 Å². The van der Waals surface area contributed by atoms with Crippen molar-refractivity contribution >= 4 is 137 Å². The first-order valence-electron chi connectivity index (χ1n) is 25.1. The summed E-state index contributed by atoms with van der Waals surface area (Å²) < 4.78 is 30.4. The van der Waals surface area contributed by atoms with Gasteiger partial charge in [0, 0.05) is 53.9 Å². The number of benzene rings is 11. The molecule has 0 radical (unpaired) electrons. The van der Waals surface area contributed by atoms with Crippen LogP contribution in [0.15, 0.2) is 224 Å². The van der Waals surface area contributed by atoms with Crippen molar-refractivity contribution < 1.29 is 17.7 Å². The maximum atomic E-state index is 11.2. The van der Waals surface area contributed by atoms with Crippen LogP contribution < -0.4 is 0 Å². The second-order valence-corrected chi connectivity index (χ2v) is 19.7. The molecule has 17 aromatic rings. The highest BCUT2D eigenvalue weighted by Crippen LogP contribution is 2.47. The van der Waals surface area contributed by atoms with Gasteiger partial charge in [-0.15, -0.1) is 0 Å². The molecule has 6 heterocycles. The van der Waals surface area contributed by atoms with Crippen LogP contribution >= 0.6 is 0 Å². The summed E-state index contributed by atoms with van der Waals surface area (Å²) in [5, 5.41) is 23.3. The molecule has 0 unspecified atom stereocenters. The van der Waals surface area contributed by atoms with Crippen molar-refractivity contribution in [2.45, 2.75) is 0 Å². The van der Waals surface area contributed by atoms with Gasteiger partial charge in [0.1, 0.15) is 44.7 Å². The van der Waals surface area contributed by atoms with E-state index in [0.29, 0.717) is 22.6 Å². The Hall–Kier alpha value is -10.8. The van der Waals surface area contributed by atoms with Crippen LogP contribution in [-0.2, 0) is 0 Å². The number of fused-ring (bicyclic) bond motifs is 20. The average Bonchev–Trinajstić information content (AvgIpc) is 4.40. The van der Waals surface area contributed by atoms with E-state index in [9.17, 15) is 5.26 Å². The Balaban J connectivity index is 0.937. The fourth-order valence-corrected chi connectivity index (χ4v) is 12.4. The molecule has 6 aromatic heterocycles. The number of para-hydroxylation sites is 4. The predicted octanol–water partition coefficient (Wildman–Crippen LogP) is 19.2. The third-order valence-electron chi connectivity index (χ3n) is 15.8. The van der Waals surface area contributed by atoms with Gasteiger partial charge in [0.2, 0.25) is 5.69 Å². The second-order valence-electron chi connectivity index (χ2n) is 19.7. The minimum atomic E-state index is 0.343. The lowest BCUT2D eigenvalue weighted by molar-refractivity contribution is 0.668. The molecule has 0 saturated heterocycles. The Labute approximate surface area is 430 Å². The zero-order chi connectivity index (χ0) is 49.9. The third-order valence-corrected chi connectivity index (χ3v) is 15.8. The van der Waals surface area contributed by atoms with Crippen LogP contribution in [-0.4, -0.2) is 9.13 Å². The summed E-state index contributed by atoms with van der Waals surface area (Å²) in [6, 6.07) is 73.1. The highest BCUT2D eigenvalue weighted by atomic mass is 16.3. The van der Waals surface area contributed by atoms with Gasteiger partial charge in [-0.25, -0.2) is 4.85 Å². The fourth-order valence-electron chi connectivity index (χ4n) is 12.4. The van der Waals surface area contributed by atoms with Crippen molar-refractivity contribution in [2.75, 3.05) is 0 Å². The molecule has 0 aliphatic heterocycles. The lowest BCUT2D eigenvalue weighted by Crippen LogP contribution is -2.02. The summed E-state index contributed by atoms with van der Waals surface area (Å²) >= 11 is 0. The SMILES string of the molecule is [C-]#[N+]c1cc(C#N)c(-n2c3ccc(-c4ccc5oc6ccccc6c5c4)cc3c3c4oc5ccccc5c4ccc32)cc1-n1c2ccc(-c3ccc4oc5ccccc5c4c3)cc2c2c3oc4ccccc4c3ccc21. The lowest BCUT2D eigenvalue weighted by atomic mass is 10.00. The summed E-state index contributed by atoms with van der Waals surface area (Å²) in [6.45, 7) is 8.73. The van der Waals surface area contributed by atoms with Crippen LogP contribution in [0.2, 0.25) is 0 Å². The molecule has 8 heteroatoms. The van der Waals surface area contributed by atoms with E-state index in [4.69, 9.17) is 24.2 Å². The molecule has 350 valence electrons. The molecule has 0 N–H and O–H groups in total. The largest absolute Gasteiger partial charge is 0.456 e. The van der Waals surface area contributed by atoms with Crippen LogP contribution in [0.4, 0.5) is 5.69 Å². The molecule has 0 aliphatic carbocycles. The maximum Gasteiger partial charge on any atom is 0.212 e. The topological polar surface area (TPSA) is 90.6 Å². The molecule has 11 aromatic carbocycles. The summed E-state index contributed by atoms with van der Waals surface area (Å²) in [4.78, 5) is 4.17. The number of nitrogens with zero attached hydrogens (tertiary/aromatic N) is 4. The molecular weight excluding hydrogens is 937 g/mol. The Kier molecular flexibility index (Phi) is 7.99. The Morgan fingerprint density at radius 3 is 1.18 bits per heavy atom. The number of rotatable bonds is 4. The van der Waals surface area contributed by atoms with E-state index in [1.807, 2.05) is 91.0 Å². The van der Waals surface area contributed by atoms with Crippen LogP contribution in [0.5, 0.6) is 0 Å². The van der Waals surface area contributed by atoms with Crippen molar-refractivity contribution in [3.05, 3.63) is 223 Å². The third kappa shape index (κ3) is 5.48. The smallest absolute Gasteiger partial charge is 0.212 e. The minimum Gasteiger partial charge on any atom is -0.456 e. The van der Waals surface area contributed by atoms with Crippen LogP contribution in [0, 0.1) is 17.9 Å². The first-order chi connectivity index (χ1) is 37.6. The first kappa shape index (κ1) is 40.8. The monoisotopic (exact) mass is 970 g/mol. The van der Waals surface area contributed by atoms with Crippen molar-refractivity contribution in [1.82, 2.24) is 9.13 Å². The minimum absolute atomic E-state index is 0.343. The zero-order valence-electron chi connectivity index (χ0n) is 40.1. The molecule has 0 amide bonds. The molecular formula is C68H34N4O4. The molecule has 0 bridgehead atoms. The van der Waals surface area contributed by atoms with Gasteiger partial charge in [-0.2, -0.15) is 5.26 Å². The maximum absolute atomic E-state index is 11.2. The van der Waals surface area contributed by atoms with Crippen LogP contribution in [0.1, 0.15) is 5.56 Å². The van der Waals surface area contributed by atoms with Crippen LogP contribution in [0.25, 0.3) is 170 Å². The molecule has 0 fully saturated rings. The first-order valence-corrected chi connectivity index (χ1v) is 25.1. The fraction of sp³-hybridized carbons (Fsp3) is 0. The van der Waals surface area contributed by atoms with Gasteiger partial charge in [0.15, 0.2) is 0 Å². The van der Waals surface area contributed by atoms with Crippen molar-refractivity contribution in [3.8, 4) is 39.7 Å². The Morgan fingerprint density at radius 2 is 0.724 bits per heavy atom. The van der Waals surface area contributed by atoms with Crippen LogP contribution in [0.3, 0.4) is 0 Å². The lowest BCUT2D eigenvalue weighted by Gasteiger charge is -2.16. The van der Waals surface area contributed by atoms with E-state index in [-0.39, 0.29) is 0 Å². The van der Waals surface area contributed by atoms with Gasteiger partial charge in [-0.05, 0) is 131 Å². The highest BCUT2D eigenvalue weighted by Gasteiger charge is 2.26. The molecule has 0 saturated carbocycles. The van der Waals surface area contributed by atoms with Crippen molar-refractivity contribution in [1.29, 1.82) is 5.26 Å². The molecule has 76 heavy (non-hydrogen) atoms. The van der Waals surface area contributed by atoms with Gasteiger partial charge in [0.05, 0.1) is 62.4 Å². The van der Waals surface area contributed by atoms with Crippen molar-refractivity contribution in [2.24, 2.45) is 0 Å². The number of hydrogen-bond acceptors (Lipinski definition) is 5. The van der Waals surface area contributed by atoms with E-state index in [0.717, 1.165) is 154 Å². The molecule has 0 atom stereocenters. The number of furan rings is 4. The second kappa shape index (κ2) is 14.9. The highest BCUT2D eigenvalue weighted by molar-refractivity contribution is 6.26. The Bertz CT molecular complexity index is 5190. The molecule has 17 rings (SSSR count). The van der Waals surface area contributed by atoms with Gasteiger partial charge in [-0.1, -0.05) is 97.1 Å². The average molecular weight is 971 g/mol. The summed E-state index contributed by atoms with van der Waals surface area (Å²) in [5.74, 6) is 0. The summed E-state index contributed by atoms with van der Waals surface area (Å²) in [7, 11) is 0. The van der Waals surface area contributed by atoms with Gasteiger partial charge in [0.25, 0.3) is 0 Å². The van der Waals surface area contributed by atoms with E-state index < -0.39 is 0 Å². The van der Waals surface area contributed by atoms with Gasteiger partial charge < -0.3 is 26.8 Å². The van der Waals surface area contributed by atoms with E-state index in [1.165, 1.54) is 0 Å². The standard InChI is InChI=1S/C68H34N4O4/c1-70-52-34-41(36-69)57(71-53-24-18-37(39-20-28-63-48(30-39)44-12-4-6-14-59(44)73-63)32-50(53)65-55(71)26-22-46-42-10-2-8-16-61(42)75-67(46)65)35-58(52)72-54-25-19-38(40-21-29-64-49(31-40)45-13-5-7-15-60(45)74-64)33-51(54)66-56(72)27-23-47-43-11-3-9-17-62(43)76-68(47)66/h2-35H.